The second-order valence-electron chi connectivity index (χ2n) is 1.99. The lowest BCUT2D eigenvalue weighted by Crippen LogP contribution is -1.98. The van der Waals surface area contributed by atoms with Crippen LogP contribution in [0.25, 0.3) is 0 Å². The monoisotopic (exact) mass is 259 g/mol. The lowest BCUT2D eigenvalue weighted by molar-refractivity contribution is 0.440. The van der Waals surface area contributed by atoms with E-state index in [0.717, 1.165) is 0 Å². The van der Waals surface area contributed by atoms with Gasteiger partial charge in [-0.25, -0.2) is 4.21 Å². The molecule has 72 valence electrons. The van der Waals surface area contributed by atoms with Gasteiger partial charge < -0.3 is 8.74 Å². The first-order valence-electron chi connectivity index (χ1n) is 2.93. The Morgan fingerprint density at radius 1 is 1.31 bits per heavy atom. The van der Waals surface area contributed by atoms with Gasteiger partial charge in [0.25, 0.3) is 0 Å². The molecule has 1 unspecified atom stereocenters. The molecule has 0 aliphatic heterocycles. The van der Waals surface area contributed by atoms with Crippen molar-refractivity contribution in [3.8, 4) is 5.75 Å². The number of hydrogen-bond donors (Lipinski definition) is 0. The number of hydrogen-bond acceptors (Lipinski definition) is 3. The van der Waals surface area contributed by atoms with Crippen LogP contribution in [0.2, 0.25) is 15.1 Å². The Kier molecular flexibility index (Phi) is 3.82. The molecule has 13 heavy (non-hydrogen) atoms. The minimum atomic E-state index is -2.70. The topological polar surface area (TPSA) is 49.4 Å². The van der Waals surface area contributed by atoms with Gasteiger partial charge in [0.15, 0.2) is 5.75 Å². The Morgan fingerprint density at radius 2 is 1.92 bits per heavy atom. The van der Waals surface area contributed by atoms with E-state index in [0.29, 0.717) is 0 Å². The lowest BCUT2D eigenvalue weighted by Gasteiger charge is -2.09. The summed E-state index contributed by atoms with van der Waals surface area (Å²) in [5, 5.41) is 0.389. The van der Waals surface area contributed by atoms with Crippen LogP contribution in [0.15, 0.2) is 12.1 Å². The molecule has 1 atom stereocenters. The highest BCUT2D eigenvalue weighted by atomic mass is 35.5. The average molecular weight is 261 g/mol. The summed E-state index contributed by atoms with van der Waals surface area (Å²) < 4.78 is 24.7. The van der Waals surface area contributed by atoms with Crippen molar-refractivity contribution in [3.63, 3.8) is 0 Å². The van der Waals surface area contributed by atoms with Crippen LogP contribution in [0.4, 0.5) is 0 Å². The third-order valence-corrected chi connectivity index (χ3v) is 2.44. The first kappa shape index (κ1) is 11.1. The molecule has 1 aromatic carbocycles. The van der Waals surface area contributed by atoms with E-state index in [-0.39, 0.29) is 20.8 Å². The number of rotatable bonds is 2. The summed E-state index contributed by atoms with van der Waals surface area (Å²) in [6.07, 6.45) is 0. The zero-order chi connectivity index (χ0) is 10.0. The quantitative estimate of drug-likeness (QED) is 0.607. The van der Waals surface area contributed by atoms with Crippen molar-refractivity contribution in [3.05, 3.63) is 27.2 Å². The van der Waals surface area contributed by atoms with E-state index >= 15 is 0 Å². The van der Waals surface area contributed by atoms with Gasteiger partial charge in [0.1, 0.15) is 16.4 Å². The van der Waals surface area contributed by atoms with Gasteiger partial charge in [-0.2, -0.15) is 0 Å². The third kappa shape index (κ3) is 3.00. The van der Waals surface area contributed by atoms with E-state index in [1.54, 1.807) is 0 Å². The first-order chi connectivity index (χ1) is 6.00. The van der Waals surface area contributed by atoms with E-state index < -0.39 is 11.4 Å². The smallest absolute Gasteiger partial charge is 0.160 e. The first-order valence-corrected chi connectivity index (χ1v) is 5.06. The van der Waals surface area contributed by atoms with Crippen molar-refractivity contribution in [2.75, 3.05) is 0 Å². The van der Waals surface area contributed by atoms with E-state index in [1.165, 1.54) is 12.1 Å². The van der Waals surface area contributed by atoms with E-state index in [1.807, 2.05) is 0 Å². The molecule has 0 radical (unpaired) electrons. The largest absolute Gasteiger partial charge is 0.740 e. The molecule has 0 aliphatic rings. The molecule has 0 amide bonds. The van der Waals surface area contributed by atoms with Crippen LogP contribution in [0, 0.1) is 0 Å². The molecule has 0 saturated heterocycles. The summed E-state index contributed by atoms with van der Waals surface area (Å²) in [5.41, 5.74) is 0. The van der Waals surface area contributed by atoms with Crippen molar-refractivity contribution in [2.24, 2.45) is 0 Å². The van der Waals surface area contributed by atoms with Gasteiger partial charge in [0.05, 0.1) is 5.02 Å². The Hall–Kier alpha value is -0.000000000000000167. The summed E-state index contributed by atoms with van der Waals surface area (Å²) in [4.78, 5) is 0. The Bertz CT molecular complexity index is 355. The summed E-state index contributed by atoms with van der Waals surface area (Å²) in [6, 6.07) is 2.64. The van der Waals surface area contributed by atoms with Crippen LogP contribution in [0.3, 0.4) is 0 Å². The maximum absolute atomic E-state index is 10.2. The van der Waals surface area contributed by atoms with Crippen molar-refractivity contribution in [2.45, 2.75) is 0 Å². The summed E-state index contributed by atoms with van der Waals surface area (Å²) in [7, 11) is 0. The van der Waals surface area contributed by atoms with Gasteiger partial charge in [0, 0.05) is 11.1 Å². The van der Waals surface area contributed by atoms with Crippen molar-refractivity contribution in [1.82, 2.24) is 0 Å². The van der Waals surface area contributed by atoms with Crippen LogP contribution in [0.5, 0.6) is 5.75 Å². The molecular formula is C6H2Cl3O3S-. The maximum Gasteiger partial charge on any atom is 0.160 e. The van der Waals surface area contributed by atoms with Crippen LogP contribution in [-0.4, -0.2) is 8.76 Å². The SMILES string of the molecule is O=S([O-])Oc1cc(Cl)cc(Cl)c1Cl. The van der Waals surface area contributed by atoms with Gasteiger partial charge in [-0.05, 0) is 6.07 Å². The third-order valence-electron chi connectivity index (χ3n) is 1.12. The van der Waals surface area contributed by atoms with Gasteiger partial charge in [0.2, 0.25) is 0 Å². The summed E-state index contributed by atoms with van der Waals surface area (Å²) in [5.74, 6) is -0.0903. The standard InChI is InChI=1S/C6H3Cl3O3S/c7-3-1-4(8)6(9)5(2-3)12-13(10)11/h1-2H,(H,10,11)/p-1. The van der Waals surface area contributed by atoms with E-state index in [9.17, 15) is 8.76 Å². The maximum atomic E-state index is 10.2. The molecule has 3 nitrogen and oxygen atoms in total. The molecule has 1 aromatic rings. The highest BCUT2D eigenvalue weighted by Gasteiger charge is 2.08. The molecule has 0 fully saturated rings. The minimum absolute atomic E-state index is 0.00951. The molecule has 0 heterocycles. The minimum Gasteiger partial charge on any atom is -0.740 e. The van der Waals surface area contributed by atoms with E-state index in [2.05, 4.69) is 4.18 Å². The van der Waals surface area contributed by atoms with Gasteiger partial charge >= 0.3 is 0 Å². The molecule has 0 bridgehead atoms. The molecule has 0 saturated carbocycles. The molecule has 0 spiro atoms. The summed E-state index contributed by atoms with van der Waals surface area (Å²) >= 11 is 14.1. The number of benzene rings is 1. The second-order valence-corrected chi connectivity index (χ2v) is 3.78. The normalized spacial score (nSPS) is 12.6. The lowest BCUT2D eigenvalue weighted by atomic mass is 10.3. The van der Waals surface area contributed by atoms with Crippen molar-refractivity contribution < 1.29 is 12.9 Å². The highest BCUT2D eigenvalue weighted by Crippen LogP contribution is 2.35. The number of halogens is 3. The van der Waals surface area contributed by atoms with Crippen LogP contribution >= 0.6 is 34.8 Å². The van der Waals surface area contributed by atoms with Crippen molar-refractivity contribution >= 4 is 46.2 Å². The molecule has 0 aliphatic carbocycles. The Morgan fingerprint density at radius 3 is 2.46 bits per heavy atom. The Labute approximate surface area is 92.0 Å². The van der Waals surface area contributed by atoms with Crippen LogP contribution in [-0.2, 0) is 11.4 Å². The van der Waals surface area contributed by atoms with Crippen molar-refractivity contribution in [1.29, 1.82) is 0 Å². The zero-order valence-corrected chi connectivity index (χ0v) is 9.01. The predicted molar refractivity (Wildman–Crippen MR) is 51.0 cm³/mol. The molecular weight excluding hydrogens is 258 g/mol. The Balaban J connectivity index is 3.12. The molecule has 0 aromatic heterocycles. The fourth-order valence-electron chi connectivity index (χ4n) is 0.666. The molecule has 1 rings (SSSR count). The predicted octanol–water partition coefficient (Wildman–Crippen LogP) is 2.82. The summed E-state index contributed by atoms with van der Waals surface area (Å²) in [6.45, 7) is 0. The van der Waals surface area contributed by atoms with Gasteiger partial charge in [-0.3, -0.25) is 0 Å². The van der Waals surface area contributed by atoms with Crippen LogP contribution in [0.1, 0.15) is 0 Å². The highest BCUT2D eigenvalue weighted by molar-refractivity contribution is 7.74. The van der Waals surface area contributed by atoms with E-state index in [4.69, 9.17) is 34.8 Å². The average Bonchev–Trinajstić information content (AvgIpc) is 1.98. The van der Waals surface area contributed by atoms with Gasteiger partial charge in [-0.1, -0.05) is 34.8 Å². The fourth-order valence-corrected chi connectivity index (χ4v) is 1.61. The van der Waals surface area contributed by atoms with Crippen LogP contribution < -0.4 is 4.18 Å². The zero-order valence-electron chi connectivity index (χ0n) is 5.92. The second kappa shape index (κ2) is 4.48. The fraction of sp³-hybridized carbons (Fsp3) is 0. The molecule has 0 N–H and O–H groups in total. The molecule has 7 heteroatoms. The van der Waals surface area contributed by atoms with Gasteiger partial charge in [-0.15, -0.1) is 0 Å².